The van der Waals surface area contributed by atoms with Gasteiger partial charge in [-0.05, 0) is 26.2 Å². The van der Waals surface area contributed by atoms with Crippen LogP contribution in [-0.4, -0.2) is 48.4 Å². The van der Waals surface area contributed by atoms with E-state index in [9.17, 15) is 13.2 Å². The van der Waals surface area contributed by atoms with Crippen molar-refractivity contribution in [3.8, 4) is 0 Å². The van der Waals surface area contributed by atoms with Crippen molar-refractivity contribution in [2.24, 2.45) is 0 Å². The predicted molar refractivity (Wildman–Crippen MR) is 68.9 cm³/mol. The average Bonchev–Trinajstić information content (AvgIpc) is 2.82. The van der Waals surface area contributed by atoms with Crippen LogP contribution in [0.4, 0.5) is 0 Å². The third-order valence-corrected chi connectivity index (χ3v) is 4.68. The van der Waals surface area contributed by atoms with Gasteiger partial charge in [-0.15, -0.1) is 0 Å². The molecule has 9 heteroatoms. The van der Waals surface area contributed by atoms with E-state index in [0.717, 1.165) is 25.3 Å². The Kier molecular flexibility index (Phi) is 4.11. The van der Waals surface area contributed by atoms with Gasteiger partial charge in [0.25, 0.3) is 10.0 Å². The van der Waals surface area contributed by atoms with E-state index in [1.165, 1.54) is 0 Å². The number of carbonyl (C=O) groups is 1. The molecule has 112 valence electrons. The molecule has 2 rings (SSSR count). The zero-order valence-electron chi connectivity index (χ0n) is 11.0. The Morgan fingerprint density at radius 2 is 2.30 bits per heavy atom. The van der Waals surface area contributed by atoms with Crippen LogP contribution < -0.4 is 4.72 Å². The van der Waals surface area contributed by atoms with Crippen LogP contribution in [0.5, 0.6) is 0 Å². The van der Waals surface area contributed by atoms with E-state index in [2.05, 4.69) is 14.9 Å². The fourth-order valence-electron chi connectivity index (χ4n) is 2.11. The first-order valence-corrected chi connectivity index (χ1v) is 7.79. The van der Waals surface area contributed by atoms with Crippen molar-refractivity contribution < 1.29 is 23.1 Å². The van der Waals surface area contributed by atoms with Crippen molar-refractivity contribution in [2.75, 3.05) is 13.2 Å². The normalized spacial score (nSPS) is 17.6. The molecule has 1 aromatic heterocycles. The highest BCUT2D eigenvalue weighted by molar-refractivity contribution is 7.89. The molecule has 0 saturated heterocycles. The Morgan fingerprint density at radius 3 is 2.75 bits per heavy atom. The molecule has 0 bridgehead atoms. The van der Waals surface area contributed by atoms with Crippen LogP contribution in [0.3, 0.4) is 0 Å². The molecule has 1 aliphatic rings. The standard InChI is InChI=1S/C11H17N3O5S/c1-2-19-11(4-3-5-11)7-12-20(17,18)9-6-8(10(15)16)13-14-9/h6,12H,2-5,7H2,1H3,(H,13,14)(H,15,16). The second-order valence-electron chi connectivity index (χ2n) is 4.72. The molecule has 20 heavy (non-hydrogen) atoms. The Labute approximate surface area is 116 Å². The largest absolute Gasteiger partial charge is 0.476 e. The van der Waals surface area contributed by atoms with E-state index in [-0.39, 0.29) is 17.3 Å². The van der Waals surface area contributed by atoms with Gasteiger partial charge < -0.3 is 9.84 Å². The zero-order chi connectivity index (χ0) is 14.8. The second-order valence-corrected chi connectivity index (χ2v) is 6.45. The summed E-state index contributed by atoms with van der Waals surface area (Å²) in [6.45, 7) is 2.56. The van der Waals surface area contributed by atoms with E-state index in [4.69, 9.17) is 9.84 Å². The summed E-state index contributed by atoms with van der Waals surface area (Å²) in [6, 6.07) is 0.985. The first-order valence-electron chi connectivity index (χ1n) is 6.31. The van der Waals surface area contributed by atoms with E-state index in [0.29, 0.717) is 6.61 Å². The fraction of sp³-hybridized carbons (Fsp3) is 0.636. The number of H-pyrrole nitrogens is 1. The lowest BCUT2D eigenvalue weighted by molar-refractivity contribution is -0.0892. The third-order valence-electron chi connectivity index (χ3n) is 3.36. The van der Waals surface area contributed by atoms with Gasteiger partial charge in [0, 0.05) is 19.2 Å². The number of carboxylic acids is 1. The Hall–Kier alpha value is -1.45. The van der Waals surface area contributed by atoms with Gasteiger partial charge in [0.05, 0.1) is 5.60 Å². The van der Waals surface area contributed by atoms with Crippen LogP contribution in [0.25, 0.3) is 0 Å². The summed E-state index contributed by atoms with van der Waals surface area (Å²) in [5.41, 5.74) is -0.772. The Morgan fingerprint density at radius 1 is 1.60 bits per heavy atom. The second kappa shape index (κ2) is 5.51. The van der Waals surface area contributed by atoms with Crippen LogP contribution in [-0.2, 0) is 14.8 Å². The van der Waals surface area contributed by atoms with Crippen LogP contribution in [0.15, 0.2) is 11.1 Å². The van der Waals surface area contributed by atoms with Crippen molar-refractivity contribution in [2.45, 2.75) is 36.8 Å². The number of hydrogen-bond acceptors (Lipinski definition) is 5. The molecule has 1 saturated carbocycles. The van der Waals surface area contributed by atoms with Gasteiger partial charge in [-0.2, -0.15) is 5.10 Å². The van der Waals surface area contributed by atoms with Crippen molar-refractivity contribution >= 4 is 16.0 Å². The number of rotatable bonds is 7. The molecule has 0 aromatic carbocycles. The van der Waals surface area contributed by atoms with E-state index in [1.54, 1.807) is 0 Å². The lowest BCUT2D eigenvalue weighted by atomic mass is 9.80. The molecular weight excluding hydrogens is 286 g/mol. The molecule has 1 heterocycles. The topological polar surface area (TPSA) is 121 Å². The number of aromatic carboxylic acids is 1. The molecule has 0 spiro atoms. The minimum Gasteiger partial charge on any atom is -0.476 e. The molecule has 0 unspecified atom stereocenters. The van der Waals surface area contributed by atoms with Gasteiger partial charge in [-0.3, -0.25) is 5.10 Å². The minimum absolute atomic E-state index is 0.171. The van der Waals surface area contributed by atoms with Crippen LogP contribution in [0.1, 0.15) is 36.7 Å². The summed E-state index contributed by atoms with van der Waals surface area (Å²) >= 11 is 0. The van der Waals surface area contributed by atoms with Crippen LogP contribution in [0.2, 0.25) is 0 Å². The number of aromatic nitrogens is 2. The maximum atomic E-state index is 12.0. The highest BCUT2D eigenvalue weighted by Crippen LogP contribution is 2.35. The monoisotopic (exact) mass is 303 g/mol. The predicted octanol–water partition coefficient (Wildman–Crippen LogP) is 0.345. The maximum Gasteiger partial charge on any atom is 0.356 e. The number of nitrogens with one attached hydrogen (secondary N) is 2. The summed E-state index contributed by atoms with van der Waals surface area (Å²) in [5.74, 6) is -1.28. The van der Waals surface area contributed by atoms with Gasteiger partial charge in [0.1, 0.15) is 0 Å². The summed E-state index contributed by atoms with van der Waals surface area (Å²) in [5, 5.41) is 14.1. The quantitative estimate of drug-likeness (QED) is 0.668. The lowest BCUT2D eigenvalue weighted by Gasteiger charge is -2.41. The molecule has 0 amide bonds. The smallest absolute Gasteiger partial charge is 0.356 e. The van der Waals surface area contributed by atoms with E-state index >= 15 is 0 Å². The first-order chi connectivity index (χ1) is 9.38. The minimum atomic E-state index is -3.81. The lowest BCUT2D eigenvalue weighted by Crippen LogP contribution is -2.50. The third kappa shape index (κ3) is 3.00. The SMILES string of the molecule is CCOC1(CNS(=O)(=O)c2cc(C(=O)O)n[nH]2)CCC1. The van der Waals surface area contributed by atoms with Crippen LogP contribution in [0, 0.1) is 0 Å². The summed E-state index contributed by atoms with van der Waals surface area (Å²) in [4.78, 5) is 10.7. The molecule has 1 aromatic rings. The molecule has 0 radical (unpaired) electrons. The molecule has 0 atom stereocenters. The molecule has 3 N–H and O–H groups in total. The molecular formula is C11H17N3O5S. The average molecular weight is 303 g/mol. The summed E-state index contributed by atoms with van der Waals surface area (Å²) < 4.78 is 32.1. The maximum absolute atomic E-state index is 12.0. The Bertz CT molecular complexity index is 591. The number of sulfonamides is 1. The van der Waals surface area contributed by atoms with Crippen molar-refractivity contribution in [3.63, 3.8) is 0 Å². The van der Waals surface area contributed by atoms with Crippen LogP contribution >= 0.6 is 0 Å². The number of nitrogens with zero attached hydrogens (tertiary/aromatic N) is 1. The first kappa shape index (κ1) is 14.9. The van der Waals surface area contributed by atoms with Gasteiger partial charge in [0.15, 0.2) is 10.7 Å². The molecule has 1 fully saturated rings. The van der Waals surface area contributed by atoms with Gasteiger partial charge in [0.2, 0.25) is 0 Å². The highest BCUT2D eigenvalue weighted by atomic mass is 32.2. The molecule has 0 aliphatic heterocycles. The number of ether oxygens (including phenoxy) is 1. The van der Waals surface area contributed by atoms with Crippen molar-refractivity contribution in [1.82, 2.24) is 14.9 Å². The zero-order valence-corrected chi connectivity index (χ0v) is 11.9. The van der Waals surface area contributed by atoms with Gasteiger partial charge >= 0.3 is 5.97 Å². The van der Waals surface area contributed by atoms with E-state index < -0.39 is 21.6 Å². The van der Waals surface area contributed by atoms with Crippen molar-refractivity contribution in [1.29, 1.82) is 0 Å². The van der Waals surface area contributed by atoms with Gasteiger partial charge in [-0.1, -0.05) is 0 Å². The van der Waals surface area contributed by atoms with Gasteiger partial charge in [-0.25, -0.2) is 17.9 Å². The number of hydrogen-bond donors (Lipinski definition) is 3. The molecule has 1 aliphatic carbocycles. The molecule has 8 nitrogen and oxygen atoms in total. The Balaban J connectivity index is 2.05. The summed E-state index contributed by atoms with van der Waals surface area (Å²) in [7, 11) is -3.81. The highest BCUT2D eigenvalue weighted by Gasteiger charge is 2.38. The fourth-order valence-corrected chi connectivity index (χ4v) is 3.15. The summed E-state index contributed by atoms with van der Waals surface area (Å²) in [6.07, 6.45) is 2.63. The number of carboxylic acid groups (broad SMARTS) is 1. The van der Waals surface area contributed by atoms with E-state index in [1.807, 2.05) is 6.92 Å². The van der Waals surface area contributed by atoms with Crippen molar-refractivity contribution in [3.05, 3.63) is 11.8 Å². The number of aromatic amines is 1.